The lowest BCUT2D eigenvalue weighted by Crippen LogP contribution is -2.49. The molecule has 0 atom stereocenters. The second-order valence-electron chi connectivity index (χ2n) is 5.45. The molecule has 0 aromatic carbocycles. The molecular formula is C14H22N4O3. The van der Waals surface area contributed by atoms with E-state index in [0.717, 1.165) is 31.5 Å². The Bertz CT molecular complexity index is 501. The molecule has 1 aromatic heterocycles. The molecule has 21 heavy (non-hydrogen) atoms. The topological polar surface area (TPSA) is 101 Å². The largest absolute Gasteiger partial charge is 0.368 e. The lowest BCUT2D eigenvalue weighted by Gasteiger charge is -2.34. The summed E-state index contributed by atoms with van der Waals surface area (Å²) in [6, 6.07) is 0.0618. The van der Waals surface area contributed by atoms with Gasteiger partial charge in [0.25, 0.3) is 0 Å². The van der Waals surface area contributed by atoms with E-state index in [0.29, 0.717) is 11.5 Å². The lowest BCUT2D eigenvalue weighted by atomic mass is 10.0. The van der Waals surface area contributed by atoms with Crippen molar-refractivity contribution < 1.29 is 14.1 Å². The predicted octanol–water partition coefficient (Wildman–Crippen LogP) is -0.100. The number of hydrogen-bond acceptors (Lipinski definition) is 5. The van der Waals surface area contributed by atoms with Crippen LogP contribution in [0.15, 0.2) is 4.52 Å². The summed E-state index contributed by atoms with van der Waals surface area (Å²) in [6.45, 7) is 5.25. The maximum atomic E-state index is 12.6. The zero-order valence-corrected chi connectivity index (χ0v) is 12.5. The highest BCUT2D eigenvalue weighted by atomic mass is 16.5. The molecule has 1 saturated heterocycles. The highest BCUT2D eigenvalue weighted by Crippen LogP contribution is 2.17. The van der Waals surface area contributed by atoms with E-state index in [2.05, 4.69) is 10.5 Å². The molecule has 3 N–H and O–H groups in total. The Hall–Kier alpha value is -1.89. The first-order valence-corrected chi connectivity index (χ1v) is 7.19. The van der Waals surface area contributed by atoms with Gasteiger partial charge in [-0.15, -0.1) is 0 Å². The fourth-order valence-electron chi connectivity index (χ4n) is 2.71. The standard InChI is InChI=1S/C14H22N4O3/c1-9-12(10(2)21-17-9)7-14(20)18(8-13(15)19)11-3-5-16-6-4-11/h11,16H,3-8H2,1-2H3,(H2,15,19). The summed E-state index contributed by atoms with van der Waals surface area (Å²) < 4.78 is 5.08. The van der Waals surface area contributed by atoms with Crippen LogP contribution in [0.4, 0.5) is 0 Å². The van der Waals surface area contributed by atoms with Crippen LogP contribution in [0, 0.1) is 13.8 Å². The third kappa shape index (κ3) is 3.81. The van der Waals surface area contributed by atoms with Gasteiger partial charge in [0.15, 0.2) is 0 Å². The van der Waals surface area contributed by atoms with Crippen molar-refractivity contribution in [3.63, 3.8) is 0 Å². The van der Waals surface area contributed by atoms with E-state index in [9.17, 15) is 9.59 Å². The van der Waals surface area contributed by atoms with E-state index in [4.69, 9.17) is 10.3 Å². The zero-order valence-electron chi connectivity index (χ0n) is 12.5. The zero-order chi connectivity index (χ0) is 15.4. The van der Waals surface area contributed by atoms with E-state index >= 15 is 0 Å². The Kier molecular flexibility index (Phi) is 4.95. The van der Waals surface area contributed by atoms with E-state index < -0.39 is 5.91 Å². The molecule has 0 saturated carbocycles. The number of piperidine rings is 1. The number of primary amides is 1. The van der Waals surface area contributed by atoms with Gasteiger partial charge in [0.1, 0.15) is 5.76 Å². The number of amides is 2. The first-order chi connectivity index (χ1) is 9.99. The Morgan fingerprint density at radius 2 is 2.05 bits per heavy atom. The molecule has 2 rings (SSSR count). The number of carbonyl (C=O) groups is 2. The summed E-state index contributed by atoms with van der Waals surface area (Å²) in [5.74, 6) is 0.0564. The predicted molar refractivity (Wildman–Crippen MR) is 76.5 cm³/mol. The molecule has 7 nitrogen and oxygen atoms in total. The molecule has 1 aliphatic heterocycles. The fraction of sp³-hybridized carbons (Fsp3) is 0.643. The van der Waals surface area contributed by atoms with Gasteiger partial charge in [-0.3, -0.25) is 9.59 Å². The highest BCUT2D eigenvalue weighted by Gasteiger charge is 2.27. The van der Waals surface area contributed by atoms with Crippen molar-refractivity contribution in [2.75, 3.05) is 19.6 Å². The van der Waals surface area contributed by atoms with Crippen LogP contribution in [0.3, 0.4) is 0 Å². The van der Waals surface area contributed by atoms with Gasteiger partial charge in [0, 0.05) is 11.6 Å². The second-order valence-corrected chi connectivity index (χ2v) is 5.45. The minimum atomic E-state index is -0.486. The molecule has 1 aromatic rings. The van der Waals surface area contributed by atoms with Crippen molar-refractivity contribution in [2.24, 2.45) is 5.73 Å². The number of rotatable bonds is 5. The number of nitrogens with zero attached hydrogens (tertiary/aromatic N) is 2. The summed E-state index contributed by atoms with van der Waals surface area (Å²) in [4.78, 5) is 25.5. The van der Waals surface area contributed by atoms with Gasteiger partial charge in [-0.2, -0.15) is 0 Å². The Labute approximate surface area is 123 Å². The van der Waals surface area contributed by atoms with Crippen LogP contribution in [-0.4, -0.2) is 47.5 Å². The van der Waals surface area contributed by atoms with Crippen LogP contribution in [0.25, 0.3) is 0 Å². The summed E-state index contributed by atoms with van der Waals surface area (Å²) in [6.07, 6.45) is 1.86. The fourth-order valence-corrected chi connectivity index (χ4v) is 2.71. The molecule has 1 aliphatic rings. The minimum Gasteiger partial charge on any atom is -0.368 e. The average molecular weight is 294 g/mol. The first-order valence-electron chi connectivity index (χ1n) is 7.19. The van der Waals surface area contributed by atoms with Crippen molar-refractivity contribution in [1.82, 2.24) is 15.4 Å². The quantitative estimate of drug-likeness (QED) is 0.789. The van der Waals surface area contributed by atoms with Crippen molar-refractivity contribution in [3.05, 3.63) is 17.0 Å². The highest BCUT2D eigenvalue weighted by molar-refractivity contribution is 5.85. The number of nitrogens with two attached hydrogens (primary N) is 1. The monoisotopic (exact) mass is 294 g/mol. The molecule has 0 unspecified atom stereocenters. The molecule has 0 spiro atoms. The van der Waals surface area contributed by atoms with Crippen molar-refractivity contribution in [2.45, 2.75) is 39.2 Å². The summed E-state index contributed by atoms with van der Waals surface area (Å²) in [5, 5.41) is 7.10. The van der Waals surface area contributed by atoms with Crippen molar-refractivity contribution in [3.8, 4) is 0 Å². The van der Waals surface area contributed by atoms with E-state index in [1.54, 1.807) is 11.8 Å². The van der Waals surface area contributed by atoms with Crippen LogP contribution in [0.1, 0.15) is 29.9 Å². The van der Waals surface area contributed by atoms with Gasteiger partial charge in [0.05, 0.1) is 18.7 Å². The van der Waals surface area contributed by atoms with Gasteiger partial charge in [-0.25, -0.2) is 0 Å². The van der Waals surface area contributed by atoms with Crippen LogP contribution in [0.5, 0.6) is 0 Å². The average Bonchev–Trinajstić information content (AvgIpc) is 2.77. The third-order valence-electron chi connectivity index (χ3n) is 3.91. The number of carbonyl (C=O) groups excluding carboxylic acids is 2. The molecule has 0 aliphatic carbocycles. The van der Waals surface area contributed by atoms with Gasteiger partial charge in [0.2, 0.25) is 11.8 Å². The van der Waals surface area contributed by atoms with E-state index in [1.807, 2.05) is 6.92 Å². The Morgan fingerprint density at radius 1 is 1.38 bits per heavy atom. The SMILES string of the molecule is Cc1noc(C)c1CC(=O)N(CC(N)=O)C1CCNCC1. The number of aryl methyl sites for hydroxylation is 2. The van der Waals surface area contributed by atoms with Gasteiger partial charge in [-0.1, -0.05) is 5.16 Å². The summed E-state index contributed by atoms with van der Waals surface area (Å²) in [7, 11) is 0. The molecule has 2 heterocycles. The number of nitrogens with one attached hydrogen (secondary N) is 1. The van der Waals surface area contributed by atoms with Crippen molar-refractivity contribution in [1.29, 1.82) is 0 Å². The van der Waals surface area contributed by atoms with Crippen LogP contribution in [-0.2, 0) is 16.0 Å². The normalized spacial score (nSPS) is 15.9. The Balaban J connectivity index is 2.11. The molecule has 1 fully saturated rings. The molecule has 0 radical (unpaired) electrons. The third-order valence-corrected chi connectivity index (χ3v) is 3.91. The van der Waals surface area contributed by atoms with Gasteiger partial charge >= 0.3 is 0 Å². The molecule has 116 valence electrons. The number of hydrogen-bond donors (Lipinski definition) is 2. The van der Waals surface area contributed by atoms with E-state index in [1.165, 1.54) is 0 Å². The van der Waals surface area contributed by atoms with Crippen LogP contribution in [0.2, 0.25) is 0 Å². The van der Waals surface area contributed by atoms with Gasteiger partial charge < -0.3 is 20.5 Å². The second kappa shape index (κ2) is 6.71. The molecular weight excluding hydrogens is 272 g/mol. The van der Waals surface area contributed by atoms with Gasteiger partial charge in [-0.05, 0) is 39.8 Å². The van der Waals surface area contributed by atoms with Crippen LogP contribution < -0.4 is 11.1 Å². The maximum absolute atomic E-state index is 12.6. The summed E-state index contributed by atoms with van der Waals surface area (Å²) >= 11 is 0. The molecule has 2 amide bonds. The molecule has 0 bridgehead atoms. The first kappa shape index (κ1) is 15.5. The molecule has 7 heteroatoms. The van der Waals surface area contributed by atoms with E-state index in [-0.39, 0.29) is 24.9 Å². The number of aromatic nitrogens is 1. The smallest absolute Gasteiger partial charge is 0.237 e. The lowest BCUT2D eigenvalue weighted by molar-refractivity contribution is -0.137. The minimum absolute atomic E-state index is 0.0348. The Morgan fingerprint density at radius 3 is 2.57 bits per heavy atom. The van der Waals surface area contributed by atoms with Crippen LogP contribution >= 0.6 is 0 Å². The van der Waals surface area contributed by atoms with Crippen molar-refractivity contribution >= 4 is 11.8 Å². The summed E-state index contributed by atoms with van der Waals surface area (Å²) in [5.41, 5.74) is 6.80. The maximum Gasteiger partial charge on any atom is 0.237 e.